The summed E-state index contributed by atoms with van der Waals surface area (Å²) in [6, 6.07) is 0. The Hall–Kier alpha value is -1.92. The van der Waals surface area contributed by atoms with E-state index in [4.69, 9.17) is 5.11 Å². The third kappa shape index (κ3) is 8.06. The van der Waals surface area contributed by atoms with Crippen LogP contribution in [0, 0.1) is 5.92 Å². The number of carbonyl (C=O) groups is 2. The molecule has 1 atom stereocenters. The van der Waals surface area contributed by atoms with Crippen molar-refractivity contribution in [2.75, 3.05) is 6.54 Å². The molecule has 21 heavy (non-hydrogen) atoms. The fraction of sp³-hybridized carbons (Fsp3) is 0.714. The van der Waals surface area contributed by atoms with Gasteiger partial charge in [-0.2, -0.15) is 5.10 Å². The van der Waals surface area contributed by atoms with E-state index in [0.29, 0.717) is 31.8 Å². The maximum Gasteiger partial charge on any atom is 0.303 e. The number of aryl methyl sites for hydroxylation is 1. The van der Waals surface area contributed by atoms with Crippen molar-refractivity contribution in [2.24, 2.45) is 5.92 Å². The fourth-order valence-electron chi connectivity index (χ4n) is 2.24. The van der Waals surface area contributed by atoms with E-state index in [2.05, 4.69) is 22.3 Å². The SMILES string of the molecule is CCCC(CCNC(=O)CCn1cncn1)CCC(=O)O. The number of nitrogens with one attached hydrogen (secondary N) is 1. The lowest BCUT2D eigenvalue weighted by Crippen LogP contribution is -2.27. The van der Waals surface area contributed by atoms with Crippen LogP contribution in [-0.4, -0.2) is 38.3 Å². The van der Waals surface area contributed by atoms with Crippen molar-refractivity contribution < 1.29 is 14.7 Å². The highest BCUT2D eigenvalue weighted by Gasteiger charge is 2.11. The topological polar surface area (TPSA) is 97.1 Å². The van der Waals surface area contributed by atoms with Crippen LogP contribution in [0.4, 0.5) is 0 Å². The van der Waals surface area contributed by atoms with Crippen LogP contribution in [0.15, 0.2) is 12.7 Å². The van der Waals surface area contributed by atoms with E-state index in [9.17, 15) is 9.59 Å². The van der Waals surface area contributed by atoms with Gasteiger partial charge < -0.3 is 10.4 Å². The van der Waals surface area contributed by atoms with Crippen molar-refractivity contribution >= 4 is 11.9 Å². The second kappa shape index (κ2) is 9.90. The second-order valence-corrected chi connectivity index (χ2v) is 5.13. The quantitative estimate of drug-likeness (QED) is 0.644. The molecule has 0 saturated carbocycles. The van der Waals surface area contributed by atoms with Crippen molar-refractivity contribution in [3.63, 3.8) is 0 Å². The summed E-state index contributed by atoms with van der Waals surface area (Å²) in [4.78, 5) is 26.1. The van der Waals surface area contributed by atoms with E-state index in [1.807, 2.05) is 0 Å². The van der Waals surface area contributed by atoms with Crippen molar-refractivity contribution in [1.29, 1.82) is 0 Å². The number of rotatable bonds is 11. The molecule has 0 aromatic carbocycles. The molecular weight excluding hydrogens is 272 g/mol. The van der Waals surface area contributed by atoms with Gasteiger partial charge in [-0.15, -0.1) is 0 Å². The lowest BCUT2D eigenvalue weighted by molar-refractivity contribution is -0.137. The highest BCUT2D eigenvalue weighted by atomic mass is 16.4. The van der Waals surface area contributed by atoms with Gasteiger partial charge in [0.05, 0.1) is 6.54 Å². The maximum atomic E-state index is 11.7. The molecule has 1 heterocycles. The Balaban J connectivity index is 2.16. The largest absolute Gasteiger partial charge is 0.481 e. The Morgan fingerprint density at radius 1 is 1.29 bits per heavy atom. The van der Waals surface area contributed by atoms with Crippen molar-refractivity contribution in [1.82, 2.24) is 20.1 Å². The van der Waals surface area contributed by atoms with Gasteiger partial charge in [-0.05, 0) is 18.8 Å². The Labute approximate surface area is 124 Å². The zero-order valence-electron chi connectivity index (χ0n) is 12.5. The number of hydrogen-bond donors (Lipinski definition) is 2. The zero-order valence-corrected chi connectivity index (χ0v) is 12.5. The maximum absolute atomic E-state index is 11.7. The molecule has 1 amide bonds. The van der Waals surface area contributed by atoms with E-state index in [-0.39, 0.29) is 12.3 Å². The Morgan fingerprint density at radius 3 is 2.71 bits per heavy atom. The van der Waals surface area contributed by atoms with Gasteiger partial charge in [0.25, 0.3) is 0 Å². The summed E-state index contributed by atoms with van der Waals surface area (Å²) in [5.74, 6) is -0.409. The summed E-state index contributed by atoms with van der Waals surface area (Å²) in [6.45, 7) is 3.20. The lowest BCUT2D eigenvalue weighted by Gasteiger charge is -2.15. The highest BCUT2D eigenvalue weighted by Crippen LogP contribution is 2.17. The molecule has 1 aromatic rings. The molecule has 0 aliphatic carbocycles. The monoisotopic (exact) mass is 296 g/mol. The van der Waals surface area contributed by atoms with Crippen LogP contribution >= 0.6 is 0 Å². The molecule has 1 unspecified atom stereocenters. The molecule has 0 saturated heterocycles. The van der Waals surface area contributed by atoms with Gasteiger partial charge >= 0.3 is 5.97 Å². The molecule has 0 fully saturated rings. The minimum Gasteiger partial charge on any atom is -0.481 e. The van der Waals surface area contributed by atoms with Gasteiger partial charge in [-0.25, -0.2) is 4.98 Å². The summed E-state index contributed by atoms with van der Waals surface area (Å²) in [6.07, 6.45) is 7.13. The van der Waals surface area contributed by atoms with Crippen LogP contribution in [0.5, 0.6) is 0 Å². The molecule has 0 spiro atoms. The molecule has 1 rings (SSSR count). The summed E-state index contributed by atoms with van der Waals surface area (Å²) >= 11 is 0. The smallest absolute Gasteiger partial charge is 0.303 e. The van der Waals surface area contributed by atoms with Crippen molar-refractivity contribution in [3.05, 3.63) is 12.7 Å². The molecule has 0 bridgehead atoms. The summed E-state index contributed by atoms with van der Waals surface area (Å²) in [5.41, 5.74) is 0. The van der Waals surface area contributed by atoms with E-state index >= 15 is 0 Å². The van der Waals surface area contributed by atoms with E-state index in [1.165, 1.54) is 6.33 Å². The number of carboxylic acids is 1. The molecule has 7 heteroatoms. The van der Waals surface area contributed by atoms with Crippen LogP contribution < -0.4 is 5.32 Å². The molecule has 1 aromatic heterocycles. The molecule has 0 aliphatic rings. The van der Waals surface area contributed by atoms with Crippen LogP contribution in [0.25, 0.3) is 0 Å². The van der Waals surface area contributed by atoms with Crippen molar-refractivity contribution in [3.8, 4) is 0 Å². The Bertz CT molecular complexity index is 420. The standard InChI is InChI=1S/C14H24N4O3/c1-2-3-12(4-5-14(20)21)6-8-16-13(19)7-9-18-11-15-10-17-18/h10-12H,2-9H2,1H3,(H,16,19)(H,20,21). The Kier molecular flexibility index (Phi) is 8.08. The van der Waals surface area contributed by atoms with Crippen LogP contribution in [0.2, 0.25) is 0 Å². The fourth-order valence-corrected chi connectivity index (χ4v) is 2.24. The third-order valence-electron chi connectivity index (χ3n) is 3.37. The second-order valence-electron chi connectivity index (χ2n) is 5.13. The number of aromatic nitrogens is 3. The van der Waals surface area contributed by atoms with E-state index in [0.717, 1.165) is 19.3 Å². The zero-order chi connectivity index (χ0) is 15.5. The molecular formula is C14H24N4O3. The third-order valence-corrected chi connectivity index (χ3v) is 3.37. The van der Waals surface area contributed by atoms with Crippen LogP contribution in [0.1, 0.15) is 45.4 Å². The van der Waals surface area contributed by atoms with Crippen LogP contribution in [-0.2, 0) is 16.1 Å². The molecule has 0 aliphatic heterocycles. The summed E-state index contributed by atoms with van der Waals surface area (Å²) in [5, 5.41) is 15.5. The van der Waals surface area contributed by atoms with Gasteiger partial charge in [0.2, 0.25) is 5.91 Å². The number of aliphatic carboxylic acids is 1. The normalized spacial score (nSPS) is 12.0. The van der Waals surface area contributed by atoms with E-state index < -0.39 is 5.97 Å². The average molecular weight is 296 g/mol. The predicted octanol–water partition coefficient (Wildman–Crippen LogP) is 1.46. The first-order valence-corrected chi connectivity index (χ1v) is 7.42. The molecule has 0 radical (unpaired) electrons. The van der Waals surface area contributed by atoms with Gasteiger partial charge in [0.15, 0.2) is 0 Å². The van der Waals surface area contributed by atoms with Gasteiger partial charge in [-0.1, -0.05) is 19.8 Å². The number of hydrogen-bond acceptors (Lipinski definition) is 4. The number of carbonyl (C=O) groups excluding carboxylic acids is 1. The molecule has 118 valence electrons. The number of nitrogens with zero attached hydrogens (tertiary/aromatic N) is 3. The van der Waals surface area contributed by atoms with Gasteiger partial charge in [0.1, 0.15) is 12.7 Å². The average Bonchev–Trinajstić information content (AvgIpc) is 2.95. The summed E-state index contributed by atoms with van der Waals surface area (Å²) in [7, 11) is 0. The highest BCUT2D eigenvalue weighted by molar-refractivity contribution is 5.75. The van der Waals surface area contributed by atoms with Crippen molar-refractivity contribution in [2.45, 2.75) is 52.0 Å². The predicted molar refractivity (Wildman–Crippen MR) is 77.5 cm³/mol. The Morgan fingerprint density at radius 2 is 2.10 bits per heavy atom. The summed E-state index contributed by atoms with van der Waals surface area (Å²) < 4.78 is 1.62. The molecule has 7 nitrogen and oxygen atoms in total. The minimum atomic E-state index is -0.757. The first kappa shape index (κ1) is 17.1. The first-order chi connectivity index (χ1) is 10.1. The number of amides is 1. The van der Waals surface area contributed by atoms with E-state index in [1.54, 1.807) is 11.0 Å². The molecule has 2 N–H and O–H groups in total. The first-order valence-electron chi connectivity index (χ1n) is 7.42. The van der Waals surface area contributed by atoms with Gasteiger partial charge in [0, 0.05) is 19.4 Å². The lowest BCUT2D eigenvalue weighted by atomic mass is 9.94. The van der Waals surface area contributed by atoms with Gasteiger partial charge in [-0.3, -0.25) is 14.3 Å². The van der Waals surface area contributed by atoms with Crippen LogP contribution in [0.3, 0.4) is 0 Å². The number of carboxylic acid groups (broad SMARTS) is 1. The minimum absolute atomic E-state index is 0.0148.